The predicted molar refractivity (Wildman–Crippen MR) is 62.9 cm³/mol. The molecule has 0 radical (unpaired) electrons. The average molecular weight is 264 g/mol. The van der Waals surface area contributed by atoms with E-state index in [2.05, 4.69) is 19.2 Å². The number of thiocarbonyl (C=S) groups is 1. The van der Waals surface area contributed by atoms with Gasteiger partial charge in [0.05, 0.1) is 0 Å². The van der Waals surface area contributed by atoms with Crippen molar-refractivity contribution >= 4 is 28.3 Å². The minimum absolute atomic E-state index is 0. The van der Waals surface area contributed by atoms with Gasteiger partial charge >= 0.3 is 0 Å². The quantitative estimate of drug-likeness (QED) is 0.449. The van der Waals surface area contributed by atoms with Gasteiger partial charge in [0.2, 0.25) is 0 Å². The minimum Gasteiger partial charge on any atom is -0.371 e. The molecule has 0 aromatic heterocycles. The molecule has 1 nitrogen and oxygen atoms in total. The Morgan fingerprint density at radius 3 is 2.38 bits per heavy atom. The summed E-state index contributed by atoms with van der Waals surface area (Å²) in [4.78, 5) is 0. The molecule has 0 fully saturated rings. The van der Waals surface area contributed by atoms with E-state index < -0.39 is 0 Å². The average Bonchev–Trinajstić information content (AvgIpc) is 2.06. The monoisotopic (exact) mass is 263 g/mol. The van der Waals surface area contributed by atoms with Gasteiger partial charge in [0.25, 0.3) is 0 Å². The van der Waals surface area contributed by atoms with E-state index in [0.717, 1.165) is 16.6 Å². The topological polar surface area (TPSA) is 12.0 Å². The fraction of sp³-hybridized carbons (Fsp3) is 0.889. The van der Waals surface area contributed by atoms with Crippen LogP contribution < -0.4 is 5.32 Å². The van der Waals surface area contributed by atoms with Crippen molar-refractivity contribution in [3.63, 3.8) is 0 Å². The zero-order chi connectivity index (χ0) is 9.23. The van der Waals surface area contributed by atoms with Crippen molar-refractivity contribution in [1.29, 1.82) is 0 Å². The van der Waals surface area contributed by atoms with Gasteiger partial charge in [-0.3, -0.25) is 0 Å². The summed E-state index contributed by atoms with van der Waals surface area (Å²) in [5, 5.41) is 3.24. The SMILES string of the molecule is CCCCNC(=S)SCCCC.[Ni]. The number of thioether (sulfide) groups is 1. The first-order chi connectivity index (χ1) is 5.81. The Labute approximate surface area is 102 Å². The molecule has 0 atom stereocenters. The smallest absolute Gasteiger partial charge is 0.133 e. The van der Waals surface area contributed by atoms with Crippen molar-refractivity contribution in [1.82, 2.24) is 5.32 Å². The molecule has 0 amide bonds. The number of hydrogen-bond donors (Lipinski definition) is 1. The van der Waals surface area contributed by atoms with E-state index in [9.17, 15) is 0 Å². The van der Waals surface area contributed by atoms with Crippen LogP contribution in [0.1, 0.15) is 39.5 Å². The van der Waals surface area contributed by atoms with Gasteiger partial charge in [-0.2, -0.15) is 0 Å². The Bertz CT molecular complexity index is 108. The van der Waals surface area contributed by atoms with E-state index in [1.807, 2.05) is 0 Å². The van der Waals surface area contributed by atoms with Crippen LogP contribution in [0, 0.1) is 0 Å². The Balaban J connectivity index is 0. The maximum Gasteiger partial charge on any atom is 0.133 e. The van der Waals surface area contributed by atoms with Crippen LogP contribution in [-0.2, 0) is 16.5 Å². The molecule has 0 rings (SSSR count). The molecule has 0 aromatic rings. The Morgan fingerprint density at radius 1 is 1.23 bits per heavy atom. The van der Waals surface area contributed by atoms with Crippen LogP contribution in [0.15, 0.2) is 0 Å². The number of nitrogens with one attached hydrogen (secondary N) is 1. The summed E-state index contributed by atoms with van der Waals surface area (Å²) >= 11 is 6.90. The first kappa shape index (κ1) is 16.2. The van der Waals surface area contributed by atoms with Crippen LogP contribution >= 0.6 is 24.0 Å². The largest absolute Gasteiger partial charge is 0.371 e. The summed E-state index contributed by atoms with van der Waals surface area (Å²) in [5.41, 5.74) is 0. The first-order valence-electron chi connectivity index (χ1n) is 4.71. The zero-order valence-electron chi connectivity index (χ0n) is 8.38. The second kappa shape index (κ2) is 12.7. The van der Waals surface area contributed by atoms with Crippen molar-refractivity contribution in [3.8, 4) is 0 Å². The predicted octanol–water partition coefficient (Wildman–Crippen LogP) is 3.19. The molecule has 82 valence electrons. The number of hydrogen-bond acceptors (Lipinski definition) is 2. The third-order valence-electron chi connectivity index (χ3n) is 1.53. The first-order valence-corrected chi connectivity index (χ1v) is 6.11. The van der Waals surface area contributed by atoms with Gasteiger partial charge in [0.1, 0.15) is 4.32 Å². The fourth-order valence-electron chi connectivity index (χ4n) is 0.727. The molecule has 0 heterocycles. The third-order valence-corrected chi connectivity index (χ3v) is 2.93. The molecule has 0 aliphatic carbocycles. The molecule has 0 aliphatic rings. The summed E-state index contributed by atoms with van der Waals surface area (Å²) in [5.74, 6) is 1.16. The molecule has 1 N–H and O–H groups in total. The van der Waals surface area contributed by atoms with Crippen LogP contribution in [0.2, 0.25) is 0 Å². The molecule has 0 saturated heterocycles. The molecule has 13 heavy (non-hydrogen) atoms. The Hall–Kier alpha value is 0.734. The van der Waals surface area contributed by atoms with Crippen LogP contribution in [0.5, 0.6) is 0 Å². The molecular formula is C9H19NNiS2. The van der Waals surface area contributed by atoms with Gasteiger partial charge < -0.3 is 5.32 Å². The zero-order valence-corrected chi connectivity index (χ0v) is 11.0. The molecule has 0 spiro atoms. The van der Waals surface area contributed by atoms with Crippen LogP contribution in [0.25, 0.3) is 0 Å². The van der Waals surface area contributed by atoms with Crippen LogP contribution in [0.4, 0.5) is 0 Å². The molecular weight excluding hydrogens is 245 g/mol. The summed E-state index contributed by atoms with van der Waals surface area (Å²) < 4.78 is 0.969. The van der Waals surface area contributed by atoms with E-state index in [1.165, 1.54) is 25.7 Å². The second-order valence-electron chi connectivity index (χ2n) is 2.77. The second-order valence-corrected chi connectivity index (χ2v) is 4.54. The fourth-order valence-corrected chi connectivity index (χ4v) is 1.90. The molecule has 0 saturated carbocycles. The Morgan fingerprint density at radius 2 is 1.85 bits per heavy atom. The molecule has 0 aliphatic heterocycles. The van der Waals surface area contributed by atoms with Crippen LogP contribution in [0.3, 0.4) is 0 Å². The summed E-state index contributed by atoms with van der Waals surface area (Å²) in [6, 6.07) is 0. The molecule has 0 unspecified atom stereocenters. The van der Waals surface area contributed by atoms with Gasteiger partial charge in [-0.25, -0.2) is 0 Å². The van der Waals surface area contributed by atoms with Crippen molar-refractivity contribution in [2.75, 3.05) is 12.3 Å². The maximum absolute atomic E-state index is 5.13. The van der Waals surface area contributed by atoms with Crippen molar-refractivity contribution in [2.45, 2.75) is 39.5 Å². The molecule has 0 aromatic carbocycles. The van der Waals surface area contributed by atoms with E-state index in [4.69, 9.17) is 12.2 Å². The van der Waals surface area contributed by atoms with Crippen molar-refractivity contribution in [2.24, 2.45) is 0 Å². The van der Waals surface area contributed by atoms with E-state index in [1.54, 1.807) is 11.8 Å². The van der Waals surface area contributed by atoms with Gasteiger partial charge in [0.15, 0.2) is 0 Å². The van der Waals surface area contributed by atoms with E-state index in [0.29, 0.717) is 0 Å². The minimum atomic E-state index is 0. The number of rotatable bonds is 6. The van der Waals surface area contributed by atoms with E-state index >= 15 is 0 Å². The summed E-state index contributed by atoms with van der Waals surface area (Å²) in [6.45, 7) is 5.43. The third kappa shape index (κ3) is 12.7. The standard InChI is InChI=1S/C9H19NS2.Ni/c1-3-5-7-10-9(11)12-8-6-4-2;/h3-8H2,1-2H3,(H,10,11);. The summed E-state index contributed by atoms with van der Waals surface area (Å²) in [7, 11) is 0. The van der Waals surface area contributed by atoms with Gasteiger partial charge in [-0.05, 0) is 12.8 Å². The maximum atomic E-state index is 5.13. The normalized spacial score (nSPS) is 9.08. The Kier molecular flexibility index (Phi) is 15.8. The molecule has 0 bridgehead atoms. The van der Waals surface area contributed by atoms with Crippen LogP contribution in [-0.4, -0.2) is 16.6 Å². The van der Waals surface area contributed by atoms with Gasteiger partial charge in [-0.15, -0.1) is 0 Å². The summed E-state index contributed by atoms with van der Waals surface area (Å²) in [6.07, 6.45) is 4.97. The van der Waals surface area contributed by atoms with Crippen molar-refractivity contribution < 1.29 is 16.5 Å². The van der Waals surface area contributed by atoms with Gasteiger partial charge in [0, 0.05) is 28.8 Å². The molecule has 4 heteroatoms. The van der Waals surface area contributed by atoms with Crippen molar-refractivity contribution in [3.05, 3.63) is 0 Å². The number of unbranched alkanes of at least 4 members (excludes halogenated alkanes) is 2. The van der Waals surface area contributed by atoms with Gasteiger partial charge in [-0.1, -0.05) is 50.7 Å². The van der Waals surface area contributed by atoms with E-state index in [-0.39, 0.29) is 16.5 Å².